The molecular weight excluding hydrogens is 323 g/mol. The quantitative estimate of drug-likeness (QED) is 0.850. The van der Waals surface area contributed by atoms with Gasteiger partial charge in [-0.1, -0.05) is 22.5 Å². The molecule has 0 unspecified atom stereocenters. The van der Waals surface area contributed by atoms with Gasteiger partial charge in [0.2, 0.25) is 0 Å². The Kier molecular flexibility index (Phi) is 4.53. The SMILES string of the molecule is C=C(Br)/C=C(\C=C/N)c1ocnc1-c1ccc(F)cc1. The molecule has 1 aromatic carbocycles. The molecule has 0 aliphatic rings. The Labute approximate surface area is 124 Å². The Bertz CT molecular complexity index is 671. The first kappa shape index (κ1) is 14.3. The summed E-state index contributed by atoms with van der Waals surface area (Å²) in [6.07, 6.45) is 6.18. The molecule has 2 aromatic rings. The van der Waals surface area contributed by atoms with Crippen molar-refractivity contribution in [1.82, 2.24) is 4.98 Å². The number of hydrogen-bond donors (Lipinski definition) is 1. The van der Waals surface area contributed by atoms with Crippen molar-refractivity contribution in [3.63, 3.8) is 0 Å². The number of nitrogens with two attached hydrogens (primary N) is 1. The van der Waals surface area contributed by atoms with E-state index >= 15 is 0 Å². The summed E-state index contributed by atoms with van der Waals surface area (Å²) in [6.45, 7) is 3.75. The maximum atomic E-state index is 13.0. The number of benzene rings is 1. The summed E-state index contributed by atoms with van der Waals surface area (Å²) in [7, 11) is 0. The van der Waals surface area contributed by atoms with Crippen molar-refractivity contribution < 1.29 is 8.81 Å². The average molecular weight is 335 g/mol. The zero-order chi connectivity index (χ0) is 14.5. The van der Waals surface area contributed by atoms with Gasteiger partial charge in [-0.3, -0.25) is 0 Å². The van der Waals surface area contributed by atoms with Crippen molar-refractivity contribution in [3.05, 3.63) is 71.6 Å². The minimum atomic E-state index is -0.301. The molecule has 0 aliphatic carbocycles. The number of halogens is 2. The third-order valence-electron chi connectivity index (χ3n) is 2.54. The molecule has 0 radical (unpaired) electrons. The lowest BCUT2D eigenvalue weighted by molar-refractivity contribution is 0.546. The molecule has 1 aromatic heterocycles. The van der Waals surface area contributed by atoms with Crippen molar-refractivity contribution >= 4 is 21.5 Å². The zero-order valence-corrected chi connectivity index (χ0v) is 12.1. The Balaban J connectivity index is 2.51. The first-order valence-electron chi connectivity index (χ1n) is 5.76. The number of rotatable bonds is 4. The predicted molar refractivity (Wildman–Crippen MR) is 81.3 cm³/mol. The van der Waals surface area contributed by atoms with Crippen LogP contribution in [0.4, 0.5) is 4.39 Å². The largest absolute Gasteiger partial charge is 0.443 e. The second-order valence-electron chi connectivity index (χ2n) is 3.94. The first-order valence-corrected chi connectivity index (χ1v) is 6.55. The van der Waals surface area contributed by atoms with Crippen LogP contribution in [0.2, 0.25) is 0 Å². The topological polar surface area (TPSA) is 52.0 Å². The van der Waals surface area contributed by atoms with Crippen molar-refractivity contribution in [2.45, 2.75) is 0 Å². The molecule has 0 atom stereocenters. The molecule has 0 fully saturated rings. The Morgan fingerprint density at radius 1 is 1.35 bits per heavy atom. The van der Waals surface area contributed by atoms with E-state index in [0.29, 0.717) is 21.5 Å². The zero-order valence-electron chi connectivity index (χ0n) is 10.5. The third kappa shape index (κ3) is 3.24. The minimum Gasteiger partial charge on any atom is -0.443 e. The number of allylic oxidation sites excluding steroid dienone is 4. The molecule has 0 saturated heterocycles. The summed E-state index contributed by atoms with van der Waals surface area (Å²) < 4.78 is 19.1. The van der Waals surface area contributed by atoms with Gasteiger partial charge in [-0.05, 0) is 42.6 Å². The van der Waals surface area contributed by atoms with E-state index in [-0.39, 0.29) is 5.82 Å². The van der Waals surface area contributed by atoms with Gasteiger partial charge in [-0.2, -0.15) is 0 Å². The molecule has 0 bridgehead atoms. The van der Waals surface area contributed by atoms with Gasteiger partial charge in [0.1, 0.15) is 11.5 Å². The highest BCUT2D eigenvalue weighted by atomic mass is 79.9. The Hall–Kier alpha value is -2.14. The predicted octanol–water partition coefficient (Wildman–Crippen LogP) is 4.25. The Morgan fingerprint density at radius 3 is 2.65 bits per heavy atom. The van der Waals surface area contributed by atoms with Gasteiger partial charge in [0.25, 0.3) is 0 Å². The fourth-order valence-corrected chi connectivity index (χ4v) is 1.97. The molecule has 3 nitrogen and oxygen atoms in total. The lowest BCUT2D eigenvalue weighted by Crippen LogP contribution is -1.87. The van der Waals surface area contributed by atoms with E-state index in [0.717, 1.165) is 5.56 Å². The van der Waals surface area contributed by atoms with E-state index < -0.39 is 0 Å². The summed E-state index contributed by atoms with van der Waals surface area (Å²) >= 11 is 3.26. The van der Waals surface area contributed by atoms with Gasteiger partial charge in [-0.25, -0.2) is 9.37 Å². The number of hydrogen-bond acceptors (Lipinski definition) is 3. The van der Waals surface area contributed by atoms with Crippen molar-refractivity contribution in [3.8, 4) is 11.3 Å². The van der Waals surface area contributed by atoms with Gasteiger partial charge in [0, 0.05) is 15.6 Å². The molecule has 2 rings (SSSR count). The van der Waals surface area contributed by atoms with Crippen LogP contribution in [-0.2, 0) is 0 Å². The van der Waals surface area contributed by atoms with Crippen LogP contribution in [0.15, 0.2) is 64.5 Å². The molecule has 102 valence electrons. The molecular formula is C15H12BrFN2O. The van der Waals surface area contributed by atoms with Crippen LogP contribution in [0, 0.1) is 5.82 Å². The van der Waals surface area contributed by atoms with Crippen LogP contribution < -0.4 is 5.73 Å². The normalized spacial score (nSPS) is 12.0. The van der Waals surface area contributed by atoms with Crippen LogP contribution in [-0.4, -0.2) is 4.98 Å². The Morgan fingerprint density at radius 2 is 2.05 bits per heavy atom. The molecule has 0 aliphatic heterocycles. The second kappa shape index (κ2) is 6.34. The van der Waals surface area contributed by atoms with Gasteiger partial charge >= 0.3 is 0 Å². The van der Waals surface area contributed by atoms with Crippen LogP contribution in [0.5, 0.6) is 0 Å². The highest BCUT2D eigenvalue weighted by molar-refractivity contribution is 9.11. The third-order valence-corrected chi connectivity index (χ3v) is 2.76. The minimum absolute atomic E-state index is 0.301. The molecule has 5 heteroatoms. The van der Waals surface area contributed by atoms with E-state index in [2.05, 4.69) is 27.5 Å². The fraction of sp³-hybridized carbons (Fsp3) is 0. The summed E-state index contributed by atoms with van der Waals surface area (Å²) in [5.41, 5.74) is 7.53. The summed E-state index contributed by atoms with van der Waals surface area (Å²) in [6, 6.07) is 6.03. The fourth-order valence-electron chi connectivity index (χ4n) is 1.73. The van der Waals surface area contributed by atoms with E-state index in [1.807, 2.05) is 0 Å². The lowest BCUT2D eigenvalue weighted by atomic mass is 10.1. The van der Waals surface area contributed by atoms with E-state index in [4.69, 9.17) is 10.2 Å². The van der Waals surface area contributed by atoms with E-state index in [1.165, 1.54) is 24.7 Å². The lowest BCUT2D eigenvalue weighted by Gasteiger charge is -2.02. The summed E-state index contributed by atoms with van der Waals surface area (Å²) in [4.78, 5) is 4.18. The van der Waals surface area contributed by atoms with Crippen LogP contribution >= 0.6 is 15.9 Å². The number of nitrogens with zero attached hydrogens (tertiary/aromatic N) is 1. The van der Waals surface area contributed by atoms with Gasteiger partial charge < -0.3 is 10.2 Å². The van der Waals surface area contributed by atoms with Crippen molar-refractivity contribution in [1.29, 1.82) is 0 Å². The second-order valence-corrected chi connectivity index (χ2v) is 4.96. The molecule has 0 spiro atoms. The van der Waals surface area contributed by atoms with Crippen molar-refractivity contribution in [2.75, 3.05) is 0 Å². The van der Waals surface area contributed by atoms with E-state index in [9.17, 15) is 4.39 Å². The number of aromatic nitrogens is 1. The van der Waals surface area contributed by atoms with Gasteiger partial charge in [0.05, 0.1) is 0 Å². The maximum Gasteiger partial charge on any atom is 0.182 e. The first-order chi connectivity index (χ1) is 9.61. The highest BCUT2D eigenvalue weighted by Crippen LogP contribution is 2.29. The monoisotopic (exact) mass is 334 g/mol. The maximum absolute atomic E-state index is 13.0. The van der Waals surface area contributed by atoms with Crippen molar-refractivity contribution in [2.24, 2.45) is 5.73 Å². The summed E-state index contributed by atoms with van der Waals surface area (Å²) in [5, 5.41) is 0. The average Bonchev–Trinajstić information content (AvgIpc) is 2.88. The molecule has 0 amide bonds. The van der Waals surface area contributed by atoms with E-state index in [1.54, 1.807) is 24.3 Å². The molecule has 2 N–H and O–H groups in total. The highest BCUT2D eigenvalue weighted by Gasteiger charge is 2.13. The van der Waals surface area contributed by atoms with Gasteiger partial charge in [0.15, 0.2) is 12.2 Å². The molecule has 20 heavy (non-hydrogen) atoms. The van der Waals surface area contributed by atoms with Gasteiger partial charge in [-0.15, -0.1) is 0 Å². The number of oxazole rings is 1. The van der Waals surface area contributed by atoms with Crippen LogP contribution in [0.1, 0.15) is 5.76 Å². The molecule has 0 saturated carbocycles. The van der Waals surface area contributed by atoms with Crippen LogP contribution in [0.3, 0.4) is 0 Å². The smallest absolute Gasteiger partial charge is 0.182 e. The van der Waals surface area contributed by atoms with Crippen LogP contribution in [0.25, 0.3) is 16.8 Å². The molecule has 1 heterocycles. The standard InChI is InChI=1S/C15H12BrFN2O/c1-10(16)8-12(6-7-18)15-14(19-9-20-15)11-2-4-13(17)5-3-11/h2-9H,1,18H2/b7-6-,12-8+. The summed E-state index contributed by atoms with van der Waals surface area (Å²) in [5.74, 6) is 0.240.